The zero-order chi connectivity index (χ0) is 19.3. The molecule has 0 spiro atoms. The molecule has 2 saturated carbocycles. The van der Waals surface area contributed by atoms with E-state index in [0.717, 1.165) is 40.4 Å². The monoisotopic (exact) mass is 399 g/mol. The first-order valence-electron chi connectivity index (χ1n) is 10.3. The molecule has 2 aliphatic rings. The average Bonchev–Trinajstić information content (AvgIpc) is 3.39. The molecular weight excluding hydrogens is 370 g/mol. The Morgan fingerprint density at radius 1 is 1.00 bits per heavy atom. The molecular formula is C22H29N3O2S. The maximum absolute atomic E-state index is 5.64. The van der Waals surface area contributed by atoms with Gasteiger partial charge in [0.05, 0.1) is 26.0 Å². The van der Waals surface area contributed by atoms with Gasteiger partial charge in [-0.05, 0) is 56.7 Å². The molecule has 0 radical (unpaired) electrons. The molecule has 1 aromatic carbocycles. The van der Waals surface area contributed by atoms with Gasteiger partial charge in [-0.1, -0.05) is 19.3 Å². The topological polar surface area (TPSA) is 48.1 Å². The number of ether oxygens (including phenoxy) is 2. The minimum atomic E-state index is 0.419. The van der Waals surface area contributed by atoms with Crippen LogP contribution < -0.4 is 14.3 Å². The van der Waals surface area contributed by atoms with Gasteiger partial charge in [0.1, 0.15) is 11.5 Å². The lowest BCUT2D eigenvalue weighted by Crippen LogP contribution is -2.19. The Balaban J connectivity index is 1.83. The van der Waals surface area contributed by atoms with E-state index in [1.54, 1.807) is 25.6 Å². The molecule has 0 atom stereocenters. The lowest BCUT2D eigenvalue weighted by atomic mass is 9.96. The van der Waals surface area contributed by atoms with Crippen molar-refractivity contribution < 1.29 is 9.47 Å². The van der Waals surface area contributed by atoms with Crippen LogP contribution in [-0.2, 0) is 0 Å². The number of thiazole rings is 1. The van der Waals surface area contributed by atoms with Gasteiger partial charge >= 0.3 is 0 Å². The third kappa shape index (κ3) is 4.17. The van der Waals surface area contributed by atoms with E-state index in [4.69, 9.17) is 19.6 Å². The van der Waals surface area contributed by atoms with Gasteiger partial charge in [-0.15, -0.1) is 11.3 Å². The quantitative estimate of drug-likeness (QED) is 0.690. The molecule has 2 aromatic rings. The van der Waals surface area contributed by atoms with Crippen LogP contribution in [0.5, 0.6) is 11.5 Å². The van der Waals surface area contributed by atoms with Gasteiger partial charge in [0.15, 0.2) is 0 Å². The van der Waals surface area contributed by atoms with Gasteiger partial charge in [-0.3, -0.25) is 4.99 Å². The van der Waals surface area contributed by atoms with Crippen molar-refractivity contribution in [3.8, 4) is 22.8 Å². The van der Waals surface area contributed by atoms with Crippen LogP contribution in [0.2, 0.25) is 0 Å². The Morgan fingerprint density at radius 3 is 2.50 bits per heavy atom. The van der Waals surface area contributed by atoms with Crippen molar-refractivity contribution in [2.45, 2.75) is 63.8 Å². The second-order valence-electron chi connectivity index (χ2n) is 7.58. The van der Waals surface area contributed by atoms with E-state index < -0.39 is 0 Å². The summed E-state index contributed by atoms with van der Waals surface area (Å²) in [5.74, 6) is 1.64. The molecule has 1 heterocycles. The van der Waals surface area contributed by atoms with Crippen LogP contribution in [0.4, 0.5) is 0 Å². The van der Waals surface area contributed by atoms with E-state index >= 15 is 0 Å². The summed E-state index contributed by atoms with van der Waals surface area (Å²) < 4.78 is 13.1. The van der Waals surface area contributed by atoms with Gasteiger partial charge in [-0.25, -0.2) is 4.68 Å². The smallest absolute Gasteiger partial charge is 0.206 e. The summed E-state index contributed by atoms with van der Waals surface area (Å²) in [5, 5.41) is 7.20. The van der Waals surface area contributed by atoms with Gasteiger partial charge in [-0.2, -0.15) is 5.10 Å². The highest BCUT2D eigenvalue weighted by Crippen LogP contribution is 2.34. The van der Waals surface area contributed by atoms with Crippen LogP contribution in [-0.4, -0.2) is 30.6 Å². The summed E-state index contributed by atoms with van der Waals surface area (Å²) in [4.78, 5) is 6.10. The van der Waals surface area contributed by atoms with Crippen LogP contribution >= 0.6 is 11.3 Å². The van der Waals surface area contributed by atoms with E-state index in [1.165, 1.54) is 50.7 Å². The van der Waals surface area contributed by atoms with Gasteiger partial charge < -0.3 is 9.47 Å². The summed E-state index contributed by atoms with van der Waals surface area (Å²) >= 11 is 1.67. The predicted octanol–water partition coefficient (Wildman–Crippen LogP) is 5.25. The Kier molecular flexibility index (Phi) is 6.15. The summed E-state index contributed by atoms with van der Waals surface area (Å²) in [5.41, 5.74) is 3.28. The van der Waals surface area contributed by atoms with Crippen molar-refractivity contribution >= 4 is 17.0 Å². The number of aromatic nitrogens is 1. The molecule has 0 saturated heterocycles. The molecule has 1 aromatic heterocycles. The van der Waals surface area contributed by atoms with Crippen LogP contribution in [0.15, 0.2) is 33.7 Å². The number of methoxy groups -OCH3 is 2. The van der Waals surface area contributed by atoms with Crippen molar-refractivity contribution in [2.24, 2.45) is 10.1 Å². The molecule has 28 heavy (non-hydrogen) atoms. The number of hydrogen-bond donors (Lipinski definition) is 0. The molecule has 0 bridgehead atoms. The van der Waals surface area contributed by atoms with Gasteiger partial charge in [0, 0.05) is 16.7 Å². The van der Waals surface area contributed by atoms with Gasteiger partial charge in [0.25, 0.3) is 0 Å². The molecule has 0 aliphatic heterocycles. The fourth-order valence-corrected chi connectivity index (χ4v) is 4.97. The lowest BCUT2D eigenvalue weighted by molar-refractivity contribution is 0.404. The maximum atomic E-state index is 5.64. The Hall–Kier alpha value is -2.08. The minimum Gasteiger partial charge on any atom is -0.497 e. The van der Waals surface area contributed by atoms with E-state index in [2.05, 4.69) is 10.1 Å². The van der Waals surface area contributed by atoms with Crippen LogP contribution in [0.3, 0.4) is 0 Å². The Labute approximate surface area is 170 Å². The highest BCUT2D eigenvalue weighted by molar-refractivity contribution is 7.07. The summed E-state index contributed by atoms with van der Waals surface area (Å²) in [6.45, 7) is 0. The predicted molar refractivity (Wildman–Crippen MR) is 115 cm³/mol. The molecule has 4 rings (SSSR count). The van der Waals surface area contributed by atoms with Crippen LogP contribution in [0.25, 0.3) is 11.3 Å². The normalized spacial score (nSPS) is 18.5. The molecule has 150 valence electrons. The van der Waals surface area contributed by atoms with E-state index in [1.807, 2.05) is 18.2 Å². The minimum absolute atomic E-state index is 0.419. The number of nitrogens with zero attached hydrogens (tertiary/aromatic N) is 3. The molecule has 0 unspecified atom stereocenters. The maximum Gasteiger partial charge on any atom is 0.206 e. The standard InChI is InChI=1S/C22H29N3O2S/c1-26-18-12-13-21(27-2)19(14-18)20-15-28-22(23-16-8-4-3-5-9-16)25(20)24-17-10-6-7-11-17/h12-16H,3-11H2,1-2H3. The molecule has 0 N–H and O–H groups in total. The first-order valence-corrected chi connectivity index (χ1v) is 11.2. The number of benzene rings is 1. The zero-order valence-corrected chi connectivity index (χ0v) is 17.6. The largest absolute Gasteiger partial charge is 0.497 e. The Morgan fingerprint density at radius 2 is 1.79 bits per heavy atom. The third-order valence-corrected chi connectivity index (χ3v) is 6.49. The van der Waals surface area contributed by atoms with Crippen LogP contribution in [0, 0.1) is 0 Å². The zero-order valence-electron chi connectivity index (χ0n) is 16.8. The summed E-state index contributed by atoms with van der Waals surface area (Å²) in [7, 11) is 3.40. The number of rotatable bonds is 5. The molecule has 6 heteroatoms. The summed E-state index contributed by atoms with van der Waals surface area (Å²) in [6.07, 6.45) is 10.9. The fraction of sp³-hybridized carbons (Fsp3) is 0.545. The second kappa shape index (κ2) is 8.95. The van der Waals surface area contributed by atoms with Crippen LogP contribution in [0.1, 0.15) is 57.8 Å². The van der Waals surface area contributed by atoms with Crippen molar-refractivity contribution in [3.05, 3.63) is 28.4 Å². The van der Waals surface area contributed by atoms with Crippen molar-refractivity contribution in [1.29, 1.82) is 0 Å². The first kappa shape index (κ1) is 19.2. The van der Waals surface area contributed by atoms with Crippen molar-refractivity contribution in [1.82, 2.24) is 4.68 Å². The van der Waals surface area contributed by atoms with E-state index in [0.29, 0.717) is 6.04 Å². The highest BCUT2D eigenvalue weighted by Gasteiger charge is 2.18. The number of hydrogen-bond acceptors (Lipinski definition) is 5. The molecule has 2 fully saturated rings. The summed E-state index contributed by atoms with van der Waals surface area (Å²) in [6, 6.07) is 6.32. The third-order valence-electron chi connectivity index (χ3n) is 5.66. The van der Waals surface area contributed by atoms with E-state index in [9.17, 15) is 0 Å². The SMILES string of the molecule is COc1ccc(OC)c(-c2csc(=NC3CCCCC3)n2N=C2CCCC2)c1. The average molecular weight is 400 g/mol. The first-order chi connectivity index (χ1) is 13.8. The van der Waals surface area contributed by atoms with Gasteiger partial charge in [0.2, 0.25) is 4.80 Å². The fourth-order valence-electron chi connectivity index (χ4n) is 4.08. The second-order valence-corrected chi connectivity index (χ2v) is 8.41. The molecule has 0 amide bonds. The lowest BCUT2D eigenvalue weighted by Gasteiger charge is -2.17. The van der Waals surface area contributed by atoms with Crippen molar-refractivity contribution in [3.63, 3.8) is 0 Å². The molecule has 5 nitrogen and oxygen atoms in total. The Bertz CT molecular complexity index is 899. The van der Waals surface area contributed by atoms with E-state index in [-0.39, 0.29) is 0 Å². The highest BCUT2D eigenvalue weighted by atomic mass is 32.1. The van der Waals surface area contributed by atoms with Crippen molar-refractivity contribution in [2.75, 3.05) is 14.2 Å². The molecule has 2 aliphatic carbocycles.